The molecule has 0 aliphatic heterocycles. The summed E-state index contributed by atoms with van der Waals surface area (Å²) in [6.07, 6.45) is 0.613. The smallest absolute Gasteiger partial charge is 0.309 e. The number of rotatable bonds is 2. The number of carbonyl (C=O) groups is 1. The van der Waals surface area contributed by atoms with Crippen LogP contribution in [0.1, 0.15) is 24.3 Å². The summed E-state index contributed by atoms with van der Waals surface area (Å²) in [5.74, 6) is -1.25. The summed E-state index contributed by atoms with van der Waals surface area (Å²) >= 11 is 0. The molecule has 4 heteroatoms. The van der Waals surface area contributed by atoms with Crippen LogP contribution in [0.2, 0.25) is 0 Å². The fraction of sp³-hybridized carbons (Fsp3) is 0.462. The maximum Gasteiger partial charge on any atom is 0.309 e. The van der Waals surface area contributed by atoms with Crippen LogP contribution >= 0.6 is 0 Å². The molecule has 1 aliphatic carbocycles. The first kappa shape index (κ1) is 12.0. The highest BCUT2D eigenvalue weighted by atomic mass is 19.1. The van der Waals surface area contributed by atoms with Gasteiger partial charge in [0.25, 0.3) is 0 Å². The minimum absolute atomic E-state index is 0.289. The monoisotopic (exact) mass is 238 g/mol. The summed E-state index contributed by atoms with van der Waals surface area (Å²) in [5.41, 5.74) is 0.784. The van der Waals surface area contributed by atoms with E-state index in [-0.39, 0.29) is 23.6 Å². The van der Waals surface area contributed by atoms with Gasteiger partial charge >= 0.3 is 5.97 Å². The third-order valence-corrected chi connectivity index (χ3v) is 3.38. The van der Waals surface area contributed by atoms with Crippen LogP contribution in [0.5, 0.6) is 0 Å². The Balaban J connectivity index is 2.27. The van der Waals surface area contributed by atoms with E-state index in [1.807, 2.05) is 0 Å². The quantitative estimate of drug-likeness (QED) is 0.800. The number of benzene rings is 1. The molecule has 0 amide bonds. The molecular weight excluding hydrogens is 223 g/mol. The molecule has 2 rings (SSSR count). The molecule has 0 bridgehead atoms. The van der Waals surface area contributed by atoms with Crippen LogP contribution < -0.4 is 0 Å². The first-order valence-corrected chi connectivity index (χ1v) is 5.65. The van der Waals surface area contributed by atoms with Crippen molar-refractivity contribution in [3.05, 3.63) is 35.6 Å². The van der Waals surface area contributed by atoms with Crippen molar-refractivity contribution in [2.75, 3.05) is 7.11 Å². The zero-order chi connectivity index (χ0) is 12.4. The Hall–Kier alpha value is -1.42. The van der Waals surface area contributed by atoms with E-state index in [0.29, 0.717) is 12.8 Å². The van der Waals surface area contributed by atoms with E-state index in [2.05, 4.69) is 0 Å². The second kappa shape index (κ2) is 4.84. The molecule has 1 N–H and O–H groups in total. The van der Waals surface area contributed by atoms with Gasteiger partial charge in [0.2, 0.25) is 0 Å². The van der Waals surface area contributed by atoms with Crippen molar-refractivity contribution in [3.8, 4) is 0 Å². The number of halogens is 1. The van der Waals surface area contributed by atoms with Crippen molar-refractivity contribution in [3.63, 3.8) is 0 Å². The second-order valence-corrected chi connectivity index (χ2v) is 4.35. The standard InChI is InChI=1S/C13H15FO3/c1-17-13(16)10-6-7-11(15)12(10)8-2-4-9(14)5-3-8/h2-5,10-12,15H,6-7H2,1H3/t10-,11-,12-/m0/s1. The average Bonchev–Trinajstić information content (AvgIpc) is 2.71. The van der Waals surface area contributed by atoms with E-state index in [4.69, 9.17) is 4.74 Å². The molecule has 17 heavy (non-hydrogen) atoms. The molecule has 1 aromatic rings. The Morgan fingerprint density at radius 2 is 2.00 bits per heavy atom. The zero-order valence-corrected chi connectivity index (χ0v) is 9.60. The Kier molecular flexibility index (Phi) is 3.43. The van der Waals surface area contributed by atoms with E-state index >= 15 is 0 Å². The lowest BCUT2D eigenvalue weighted by Gasteiger charge is -2.20. The first-order valence-electron chi connectivity index (χ1n) is 5.65. The van der Waals surface area contributed by atoms with Crippen LogP contribution in [0.15, 0.2) is 24.3 Å². The Morgan fingerprint density at radius 3 is 2.59 bits per heavy atom. The number of hydrogen-bond donors (Lipinski definition) is 1. The molecule has 1 fully saturated rings. The minimum atomic E-state index is -0.565. The second-order valence-electron chi connectivity index (χ2n) is 4.35. The molecule has 0 spiro atoms. The number of carbonyl (C=O) groups excluding carboxylic acids is 1. The van der Waals surface area contributed by atoms with Crippen molar-refractivity contribution in [1.82, 2.24) is 0 Å². The van der Waals surface area contributed by atoms with E-state index in [9.17, 15) is 14.3 Å². The Labute approximate surface area is 99.2 Å². The highest BCUT2D eigenvalue weighted by Crippen LogP contribution is 2.40. The third-order valence-electron chi connectivity index (χ3n) is 3.38. The first-order chi connectivity index (χ1) is 8.13. The molecule has 0 heterocycles. The zero-order valence-electron chi connectivity index (χ0n) is 9.60. The summed E-state index contributed by atoms with van der Waals surface area (Å²) in [7, 11) is 1.34. The molecule has 0 saturated heterocycles. The SMILES string of the molecule is COC(=O)[C@H]1CC[C@H](O)[C@H]1c1ccc(F)cc1. The van der Waals surface area contributed by atoms with Crippen LogP contribution in [0, 0.1) is 11.7 Å². The maximum atomic E-state index is 12.8. The van der Waals surface area contributed by atoms with Crippen molar-refractivity contribution >= 4 is 5.97 Å². The van der Waals surface area contributed by atoms with Gasteiger partial charge in [0.1, 0.15) is 5.82 Å². The van der Waals surface area contributed by atoms with Crippen LogP contribution in [0.25, 0.3) is 0 Å². The van der Waals surface area contributed by atoms with Gasteiger partial charge in [-0.15, -0.1) is 0 Å². The molecular formula is C13H15FO3. The summed E-state index contributed by atoms with van der Waals surface area (Å²) in [5, 5.41) is 9.92. The molecule has 1 saturated carbocycles. The molecule has 0 radical (unpaired) electrons. The topological polar surface area (TPSA) is 46.5 Å². The van der Waals surface area contributed by atoms with E-state index in [1.165, 1.54) is 19.2 Å². The van der Waals surface area contributed by atoms with E-state index in [0.717, 1.165) is 5.56 Å². The van der Waals surface area contributed by atoms with Crippen molar-refractivity contribution in [1.29, 1.82) is 0 Å². The fourth-order valence-electron chi connectivity index (χ4n) is 2.53. The van der Waals surface area contributed by atoms with Crippen LogP contribution in [0.3, 0.4) is 0 Å². The Bertz CT molecular complexity index is 402. The van der Waals surface area contributed by atoms with Gasteiger partial charge in [0.15, 0.2) is 0 Å². The van der Waals surface area contributed by atoms with Gasteiger partial charge in [-0.25, -0.2) is 4.39 Å². The summed E-state index contributed by atoms with van der Waals surface area (Å²) < 4.78 is 17.6. The van der Waals surface area contributed by atoms with Gasteiger partial charge in [0, 0.05) is 5.92 Å². The van der Waals surface area contributed by atoms with Crippen molar-refractivity contribution in [2.45, 2.75) is 24.9 Å². The molecule has 0 aromatic heterocycles. The highest BCUT2D eigenvalue weighted by molar-refractivity contribution is 5.74. The number of aliphatic hydroxyl groups is 1. The number of methoxy groups -OCH3 is 1. The Morgan fingerprint density at radius 1 is 1.35 bits per heavy atom. The van der Waals surface area contributed by atoms with Crippen LogP contribution in [-0.4, -0.2) is 24.3 Å². The van der Waals surface area contributed by atoms with Crippen LogP contribution in [-0.2, 0) is 9.53 Å². The van der Waals surface area contributed by atoms with Gasteiger partial charge in [-0.3, -0.25) is 4.79 Å². The fourth-order valence-corrected chi connectivity index (χ4v) is 2.53. The molecule has 0 unspecified atom stereocenters. The summed E-state index contributed by atoms with van der Waals surface area (Å²) in [6, 6.07) is 5.92. The minimum Gasteiger partial charge on any atom is -0.469 e. The average molecular weight is 238 g/mol. The van der Waals surface area contributed by atoms with Gasteiger partial charge < -0.3 is 9.84 Å². The lowest BCUT2D eigenvalue weighted by Crippen LogP contribution is -2.24. The number of hydrogen-bond acceptors (Lipinski definition) is 3. The number of aliphatic hydroxyl groups excluding tert-OH is 1. The predicted molar refractivity (Wildman–Crippen MR) is 59.9 cm³/mol. The van der Waals surface area contributed by atoms with Crippen LogP contribution in [0.4, 0.5) is 4.39 Å². The van der Waals surface area contributed by atoms with Crippen molar-refractivity contribution < 1.29 is 19.0 Å². The highest BCUT2D eigenvalue weighted by Gasteiger charge is 2.40. The summed E-state index contributed by atoms with van der Waals surface area (Å²) in [4.78, 5) is 11.6. The van der Waals surface area contributed by atoms with Gasteiger partial charge in [0.05, 0.1) is 19.1 Å². The predicted octanol–water partition coefficient (Wildman–Crippen LogP) is 1.85. The maximum absolute atomic E-state index is 12.8. The third kappa shape index (κ3) is 2.31. The van der Waals surface area contributed by atoms with E-state index < -0.39 is 6.10 Å². The number of esters is 1. The lowest BCUT2D eigenvalue weighted by atomic mass is 9.87. The van der Waals surface area contributed by atoms with Crippen molar-refractivity contribution in [2.24, 2.45) is 5.92 Å². The summed E-state index contributed by atoms with van der Waals surface area (Å²) in [6.45, 7) is 0. The van der Waals surface area contributed by atoms with E-state index in [1.54, 1.807) is 12.1 Å². The number of ether oxygens (including phenoxy) is 1. The largest absolute Gasteiger partial charge is 0.469 e. The molecule has 3 nitrogen and oxygen atoms in total. The molecule has 92 valence electrons. The molecule has 1 aliphatic rings. The molecule has 3 atom stereocenters. The normalized spacial score (nSPS) is 28.1. The van der Waals surface area contributed by atoms with Gasteiger partial charge in [-0.1, -0.05) is 12.1 Å². The van der Waals surface area contributed by atoms with Gasteiger partial charge in [-0.05, 0) is 30.5 Å². The lowest BCUT2D eigenvalue weighted by molar-refractivity contribution is -0.146. The molecule has 1 aromatic carbocycles. The van der Waals surface area contributed by atoms with Gasteiger partial charge in [-0.2, -0.15) is 0 Å².